The van der Waals surface area contributed by atoms with E-state index in [2.05, 4.69) is 11.8 Å². The molecule has 2 aliphatic heterocycles. The average Bonchev–Trinajstić information content (AvgIpc) is 3.26. The Morgan fingerprint density at radius 2 is 1.66 bits per heavy atom. The van der Waals surface area contributed by atoms with Crippen LogP contribution in [0.3, 0.4) is 0 Å². The monoisotopic (exact) mass is 481 g/mol. The molecule has 2 aromatic rings. The number of piperidine rings is 1. The molecule has 3 heterocycles. The van der Waals surface area contributed by atoms with Gasteiger partial charge in [0.05, 0.1) is 11.3 Å². The zero-order valence-corrected chi connectivity index (χ0v) is 20.7. The average molecular weight is 482 g/mol. The van der Waals surface area contributed by atoms with Crippen LogP contribution in [0.25, 0.3) is 0 Å². The van der Waals surface area contributed by atoms with Crippen LogP contribution in [0.1, 0.15) is 83.1 Å². The number of fused-ring (bicyclic) bond motifs is 1. The van der Waals surface area contributed by atoms with Gasteiger partial charge in [-0.3, -0.25) is 14.4 Å². The minimum absolute atomic E-state index is 0.00693. The molecule has 0 bridgehead atoms. The molecule has 2 aliphatic rings. The number of ketones is 2. The molecule has 0 aliphatic carbocycles. The van der Waals surface area contributed by atoms with Gasteiger partial charge in [-0.1, -0.05) is 13.3 Å². The summed E-state index contributed by atoms with van der Waals surface area (Å²) in [4.78, 5) is 42.6. The Balaban J connectivity index is 1.23. The van der Waals surface area contributed by atoms with Crippen molar-refractivity contribution >= 4 is 17.5 Å². The second kappa shape index (κ2) is 11.8. The molecule has 0 atom stereocenters. The van der Waals surface area contributed by atoms with Crippen molar-refractivity contribution in [3.05, 3.63) is 59.2 Å². The molecule has 7 heteroatoms. The summed E-state index contributed by atoms with van der Waals surface area (Å²) in [5.41, 5.74) is 1.72. The Morgan fingerprint density at radius 3 is 2.37 bits per heavy atom. The van der Waals surface area contributed by atoms with Gasteiger partial charge in [0.2, 0.25) is 0 Å². The van der Waals surface area contributed by atoms with Gasteiger partial charge in [-0.15, -0.1) is 0 Å². The van der Waals surface area contributed by atoms with Crippen LogP contribution in [0.15, 0.2) is 36.5 Å². The Labute approximate surface area is 207 Å². The lowest BCUT2D eigenvalue weighted by atomic mass is 9.89. The first-order valence-electron chi connectivity index (χ1n) is 13.0. The molecule has 0 spiro atoms. The van der Waals surface area contributed by atoms with Crippen LogP contribution in [0.5, 0.6) is 0 Å². The van der Waals surface area contributed by atoms with Crippen LogP contribution in [0, 0.1) is 11.7 Å². The number of halogens is 1. The van der Waals surface area contributed by atoms with Crippen molar-refractivity contribution in [1.29, 1.82) is 0 Å². The van der Waals surface area contributed by atoms with Crippen LogP contribution in [-0.2, 0) is 6.54 Å². The summed E-state index contributed by atoms with van der Waals surface area (Å²) < 4.78 is 15.1. The first-order valence-corrected chi connectivity index (χ1v) is 13.0. The van der Waals surface area contributed by atoms with E-state index in [0.717, 1.165) is 64.7 Å². The summed E-state index contributed by atoms with van der Waals surface area (Å²) in [6.45, 7) is 6.77. The van der Waals surface area contributed by atoms with Crippen LogP contribution in [0.2, 0.25) is 0 Å². The molecule has 0 saturated carbocycles. The van der Waals surface area contributed by atoms with E-state index >= 15 is 0 Å². The number of nitrogens with zero attached hydrogens (tertiary/aromatic N) is 3. The van der Waals surface area contributed by atoms with Crippen molar-refractivity contribution in [3.8, 4) is 0 Å². The number of aryl methyl sites for hydroxylation is 1. The molecule has 1 fully saturated rings. The summed E-state index contributed by atoms with van der Waals surface area (Å²) in [6.07, 6.45) is 7.82. The Morgan fingerprint density at radius 1 is 0.943 bits per heavy atom. The lowest BCUT2D eigenvalue weighted by molar-refractivity contribution is 0.0755. The quantitative estimate of drug-likeness (QED) is 0.360. The molecule has 0 N–H and O–H groups in total. The summed E-state index contributed by atoms with van der Waals surface area (Å²) in [7, 11) is 0. The van der Waals surface area contributed by atoms with Crippen molar-refractivity contribution in [3.63, 3.8) is 0 Å². The second-order valence-electron chi connectivity index (χ2n) is 9.78. The minimum atomic E-state index is -0.322. The summed E-state index contributed by atoms with van der Waals surface area (Å²) in [5.74, 6) is -0.156. The number of benzene rings is 1. The molecular weight excluding hydrogens is 445 g/mol. The fraction of sp³-hybridized carbons (Fsp3) is 0.536. The predicted octanol–water partition coefficient (Wildman–Crippen LogP) is 4.83. The molecule has 0 radical (unpaired) electrons. The number of amides is 1. The van der Waals surface area contributed by atoms with Gasteiger partial charge in [-0.25, -0.2) is 4.39 Å². The van der Waals surface area contributed by atoms with Crippen molar-refractivity contribution < 1.29 is 18.8 Å². The highest BCUT2D eigenvalue weighted by Gasteiger charge is 2.29. The van der Waals surface area contributed by atoms with Gasteiger partial charge in [0.1, 0.15) is 5.82 Å². The number of aromatic nitrogens is 1. The van der Waals surface area contributed by atoms with E-state index in [1.54, 1.807) is 12.1 Å². The lowest BCUT2D eigenvalue weighted by Crippen LogP contribution is -2.37. The maximum atomic E-state index is 13.1. The summed E-state index contributed by atoms with van der Waals surface area (Å²) in [6, 6.07) is 7.65. The minimum Gasteiger partial charge on any atom is -0.344 e. The third-order valence-corrected chi connectivity index (χ3v) is 7.35. The highest BCUT2D eigenvalue weighted by molar-refractivity contribution is 6.09. The highest BCUT2D eigenvalue weighted by Crippen LogP contribution is 2.24. The highest BCUT2D eigenvalue weighted by atomic mass is 19.1. The normalized spacial score (nSPS) is 17.5. The van der Waals surface area contributed by atoms with Crippen LogP contribution < -0.4 is 0 Å². The number of carbonyl (C=O) groups is 3. The van der Waals surface area contributed by atoms with Crippen molar-refractivity contribution in [1.82, 2.24) is 14.4 Å². The largest absolute Gasteiger partial charge is 0.344 e. The fourth-order valence-corrected chi connectivity index (χ4v) is 5.22. The van der Waals surface area contributed by atoms with Crippen LogP contribution >= 0.6 is 0 Å². The van der Waals surface area contributed by atoms with E-state index in [9.17, 15) is 18.8 Å². The van der Waals surface area contributed by atoms with Crippen molar-refractivity contribution in [2.45, 2.75) is 58.4 Å². The molecular formula is C28H36FN3O3. The zero-order valence-electron chi connectivity index (χ0n) is 20.7. The second-order valence-corrected chi connectivity index (χ2v) is 9.78. The third-order valence-electron chi connectivity index (χ3n) is 7.35. The standard InChI is InChI=1S/C28H36FN3O3/c1-2-3-15-32-20-13-25(33)26-24(28(32)35)12-19-31(26)16-5-4-14-30-17-10-22(11-18-30)27(34)21-6-8-23(29)9-7-21/h6-9,12,19,22H,2-5,10-11,13-18,20H2,1H3. The molecule has 1 saturated heterocycles. The Kier molecular flexibility index (Phi) is 8.50. The van der Waals surface area contributed by atoms with Gasteiger partial charge in [-0.05, 0) is 82.1 Å². The van der Waals surface area contributed by atoms with Crippen LogP contribution in [0.4, 0.5) is 4.39 Å². The molecule has 1 amide bonds. The number of rotatable bonds is 10. The first-order chi connectivity index (χ1) is 17.0. The van der Waals surface area contributed by atoms with E-state index in [0.29, 0.717) is 36.3 Å². The summed E-state index contributed by atoms with van der Waals surface area (Å²) in [5, 5.41) is 0. The topological polar surface area (TPSA) is 62.6 Å². The van der Waals surface area contributed by atoms with Gasteiger partial charge in [0.15, 0.2) is 11.6 Å². The van der Waals surface area contributed by atoms with Gasteiger partial charge in [0, 0.05) is 43.7 Å². The van der Waals surface area contributed by atoms with Gasteiger partial charge in [-0.2, -0.15) is 0 Å². The smallest absolute Gasteiger partial charge is 0.256 e. The van der Waals surface area contributed by atoms with E-state index in [1.165, 1.54) is 12.1 Å². The SMILES string of the molecule is CCCCN1CCC(=O)c2c(ccn2CCCCN2CCC(C(=O)c3ccc(F)cc3)CC2)C1=O. The molecule has 4 rings (SSSR count). The maximum absolute atomic E-state index is 13.1. The molecule has 6 nitrogen and oxygen atoms in total. The first kappa shape index (κ1) is 25.3. The van der Waals surface area contributed by atoms with Crippen molar-refractivity contribution in [2.75, 3.05) is 32.7 Å². The van der Waals surface area contributed by atoms with E-state index in [1.807, 2.05) is 21.7 Å². The van der Waals surface area contributed by atoms with Crippen LogP contribution in [-0.4, -0.2) is 64.6 Å². The molecule has 35 heavy (non-hydrogen) atoms. The number of unbranched alkanes of at least 4 members (excludes halogenated alkanes) is 2. The summed E-state index contributed by atoms with van der Waals surface area (Å²) >= 11 is 0. The number of hydrogen-bond donors (Lipinski definition) is 0. The van der Waals surface area contributed by atoms with Crippen molar-refractivity contribution in [2.24, 2.45) is 5.92 Å². The van der Waals surface area contributed by atoms with Gasteiger partial charge in [0.25, 0.3) is 5.91 Å². The molecule has 0 unspecified atom stereocenters. The fourth-order valence-electron chi connectivity index (χ4n) is 5.22. The Hall–Kier alpha value is -2.80. The van der Waals surface area contributed by atoms with Gasteiger partial charge >= 0.3 is 0 Å². The van der Waals surface area contributed by atoms with E-state index < -0.39 is 0 Å². The maximum Gasteiger partial charge on any atom is 0.256 e. The van der Waals surface area contributed by atoms with E-state index in [4.69, 9.17) is 0 Å². The molecule has 188 valence electrons. The molecule has 1 aromatic heterocycles. The number of hydrogen-bond acceptors (Lipinski definition) is 4. The van der Waals surface area contributed by atoms with E-state index in [-0.39, 0.29) is 29.2 Å². The Bertz CT molecular complexity index is 1040. The zero-order chi connectivity index (χ0) is 24.8. The molecule has 1 aromatic carbocycles. The number of likely N-dealkylation sites (tertiary alicyclic amines) is 1. The third kappa shape index (κ3) is 6.07. The predicted molar refractivity (Wildman–Crippen MR) is 133 cm³/mol. The lowest BCUT2D eigenvalue weighted by Gasteiger charge is -2.31. The van der Waals surface area contributed by atoms with Gasteiger partial charge < -0.3 is 14.4 Å². The number of Topliss-reactive ketones (excluding diaryl/α,β-unsaturated/α-hetero) is 2. The number of carbonyl (C=O) groups excluding carboxylic acids is 3.